The van der Waals surface area contributed by atoms with Gasteiger partial charge in [-0.15, -0.1) is 0 Å². The number of hydrogen-bond donors (Lipinski definition) is 4. The molecule has 0 saturated carbocycles. The minimum Gasteiger partial charge on any atom is -0.462 e. The molecule has 0 aliphatic rings. The molecule has 0 saturated heterocycles. The number of hydrogen-bond acceptors (Lipinski definition) is 12. The minimum atomic E-state index is -3.26. The topological polar surface area (TPSA) is 155 Å². The first-order valence-electron chi connectivity index (χ1n) is 11.4. The van der Waals surface area contributed by atoms with Gasteiger partial charge in [-0.3, -0.25) is 5.32 Å². The average Bonchev–Trinajstić information content (AvgIpc) is 3.20. The van der Waals surface area contributed by atoms with Gasteiger partial charge in [-0.05, 0) is 44.4 Å². The Morgan fingerprint density at radius 3 is 2.42 bits per heavy atom. The Morgan fingerprint density at radius 2 is 1.78 bits per heavy atom. The Balaban J connectivity index is 1.78. The highest BCUT2D eigenvalue weighted by Crippen LogP contribution is 2.26. The largest absolute Gasteiger partial charge is 0.462 e. The number of ether oxygens (including phenoxy) is 1. The van der Waals surface area contributed by atoms with Crippen LogP contribution in [0.15, 0.2) is 35.2 Å². The van der Waals surface area contributed by atoms with E-state index in [4.69, 9.17) is 9.84 Å². The zero-order valence-electron chi connectivity index (χ0n) is 20.4. The molecule has 0 aliphatic heterocycles. The van der Waals surface area contributed by atoms with Crippen LogP contribution in [0.25, 0.3) is 0 Å². The summed E-state index contributed by atoms with van der Waals surface area (Å²) in [5, 5.41) is 19.0. The molecule has 194 valence electrons. The number of esters is 1. The van der Waals surface area contributed by atoms with Crippen LogP contribution in [-0.2, 0) is 21.1 Å². The maximum atomic E-state index is 12.1. The molecule has 11 nitrogen and oxygen atoms in total. The Morgan fingerprint density at radius 1 is 1.08 bits per heavy atom. The Hall–Kier alpha value is -3.29. The first-order chi connectivity index (χ1) is 17.2. The quantitative estimate of drug-likeness (QED) is 0.188. The van der Waals surface area contributed by atoms with Gasteiger partial charge in [0, 0.05) is 32.0 Å². The van der Waals surface area contributed by atoms with E-state index >= 15 is 0 Å². The maximum absolute atomic E-state index is 12.1. The zero-order valence-corrected chi connectivity index (χ0v) is 22.0. The van der Waals surface area contributed by atoms with Crippen molar-refractivity contribution in [2.75, 3.05) is 42.0 Å². The normalized spacial score (nSPS) is 11.2. The average molecular weight is 535 g/mol. The first kappa shape index (κ1) is 27.3. The van der Waals surface area contributed by atoms with Gasteiger partial charge in [0.05, 0.1) is 17.2 Å². The van der Waals surface area contributed by atoms with Crippen LogP contribution in [0.1, 0.15) is 40.7 Å². The molecule has 0 spiro atoms. The molecule has 2 aromatic heterocycles. The van der Waals surface area contributed by atoms with Crippen LogP contribution in [0.3, 0.4) is 0 Å². The zero-order chi connectivity index (χ0) is 26.1. The van der Waals surface area contributed by atoms with E-state index < -0.39 is 15.8 Å². The van der Waals surface area contributed by atoms with E-state index in [-0.39, 0.29) is 24.1 Å². The number of aliphatic hydroxyl groups is 1. The number of carbonyl (C=O) groups is 1. The standard InChI is InChI=1S/C23H30N6O5S2/c1-4-34-21(31)20-15(2)26-23(35-20)29-22-27-18(24-11-5-6-12-30)13-19(28-22)25-14-16-7-9-17(10-8-16)36(3,32)33/h7-10,13,30H,4-6,11-12,14H2,1-3H3,(H3,24,25,26,27,28,29). The Kier molecular flexibility index (Phi) is 9.56. The summed E-state index contributed by atoms with van der Waals surface area (Å²) in [5.41, 5.74) is 1.43. The smallest absolute Gasteiger partial charge is 0.350 e. The number of aryl methyl sites for hydroxylation is 1. The minimum absolute atomic E-state index is 0.120. The number of nitrogens with zero attached hydrogens (tertiary/aromatic N) is 3. The molecule has 3 aromatic rings. The van der Waals surface area contributed by atoms with E-state index in [0.717, 1.165) is 23.3 Å². The number of carbonyl (C=O) groups excluding carboxylic acids is 1. The number of aliphatic hydroxyl groups excluding tert-OH is 1. The number of benzene rings is 1. The number of rotatable bonds is 13. The second-order valence-corrected chi connectivity index (χ2v) is 10.9. The summed E-state index contributed by atoms with van der Waals surface area (Å²) in [6.45, 7) is 4.90. The fraction of sp³-hybridized carbons (Fsp3) is 0.391. The SMILES string of the molecule is CCOC(=O)c1sc(Nc2nc(NCCCCO)cc(NCc3ccc(S(C)(=O)=O)cc3)n2)nc1C. The summed E-state index contributed by atoms with van der Waals surface area (Å²) in [7, 11) is -3.26. The molecule has 0 aliphatic carbocycles. The van der Waals surface area contributed by atoms with Crippen molar-refractivity contribution in [3.63, 3.8) is 0 Å². The van der Waals surface area contributed by atoms with Crippen molar-refractivity contribution in [3.8, 4) is 0 Å². The predicted molar refractivity (Wildman–Crippen MR) is 140 cm³/mol. The highest BCUT2D eigenvalue weighted by Gasteiger charge is 2.17. The van der Waals surface area contributed by atoms with Gasteiger partial charge in [0.1, 0.15) is 16.5 Å². The molecule has 2 heterocycles. The van der Waals surface area contributed by atoms with E-state index in [1.807, 2.05) is 0 Å². The van der Waals surface area contributed by atoms with Crippen LogP contribution in [0, 0.1) is 6.92 Å². The van der Waals surface area contributed by atoms with Crippen molar-refractivity contribution in [1.29, 1.82) is 0 Å². The Labute approximate surface area is 214 Å². The van der Waals surface area contributed by atoms with Gasteiger partial charge < -0.3 is 20.5 Å². The van der Waals surface area contributed by atoms with Crippen molar-refractivity contribution in [2.45, 2.75) is 38.1 Å². The monoisotopic (exact) mass is 534 g/mol. The van der Waals surface area contributed by atoms with Gasteiger partial charge in [0.15, 0.2) is 15.0 Å². The molecule has 0 bridgehead atoms. The highest BCUT2D eigenvalue weighted by molar-refractivity contribution is 7.90. The lowest BCUT2D eigenvalue weighted by molar-refractivity contribution is 0.0531. The molecular weight excluding hydrogens is 504 g/mol. The fourth-order valence-electron chi connectivity index (χ4n) is 3.12. The molecule has 1 aromatic carbocycles. The van der Waals surface area contributed by atoms with E-state index in [1.54, 1.807) is 44.2 Å². The highest BCUT2D eigenvalue weighted by atomic mass is 32.2. The van der Waals surface area contributed by atoms with Crippen LogP contribution in [0.2, 0.25) is 0 Å². The fourth-order valence-corrected chi connectivity index (χ4v) is 4.60. The van der Waals surface area contributed by atoms with Crippen molar-refractivity contribution in [1.82, 2.24) is 15.0 Å². The lowest BCUT2D eigenvalue weighted by Crippen LogP contribution is -2.09. The number of anilines is 4. The molecule has 4 N–H and O–H groups in total. The van der Waals surface area contributed by atoms with Crippen LogP contribution < -0.4 is 16.0 Å². The lowest BCUT2D eigenvalue weighted by Gasteiger charge is -2.12. The van der Waals surface area contributed by atoms with E-state index in [0.29, 0.717) is 46.8 Å². The van der Waals surface area contributed by atoms with Crippen LogP contribution >= 0.6 is 11.3 Å². The second-order valence-electron chi connectivity index (χ2n) is 7.87. The van der Waals surface area contributed by atoms with Crippen molar-refractivity contribution in [3.05, 3.63) is 46.5 Å². The molecule has 3 rings (SSSR count). The molecule has 0 unspecified atom stereocenters. The van der Waals surface area contributed by atoms with Gasteiger partial charge >= 0.3 is 5.97 Å². The summed E-state index contributed by atoms with van der Waals surface area (Å²) in [5.74, 6) is 0.953. The van der Waals surface area contributed by atoms with Gasteiger partial charge in [0.25, 0.3) is 0 Å². The van der Waals surface area contributed by atoms with Gasteiger partial charge in [-0.2, -0.15) is 9.97 Å². The lowest BCUT2D eigenvalue weighted by atomic mass is 10.2. The van der Waals surface area contributed by atoms with Gasteiger partial charge in [-0.1, -0.05) is 23.5 Å². The molecule has 0 atom stereocenters. The van der Waals surface area contributed by atoms with Gasteiger partial charge in [0.2, 0.25) is 5.95 Å². The van der Waals surface area contributed by atoms with Crippen molar-refractivity contribution >= 4 is 49.9 Å². The summed E-state index contributed by atoms with van der Waals surface area (Å²) >= 11 is 1.16. The van der Waals surface area contributed by atoms with Crippen LogP contribution in [-0.4, -0.2) is 60.5 Å². The first-order valence-corrected chi connectivity index (χ1v) is 14.1. The number of unbranched alkanes of at least 4 members (excludes halogenated alkanes) is 1. The number of nitrogens with one attached hydrogen (secondary N) is 3. The molecule has 13 heteroatoms. The summed E-state index contributed by atoms with van der Waals surface area (Å²) in [6, 6.07) is 8.38. The third-order valence-corrected chi connectivity index (χ3v) is 7.10. The van der Waals surface area contributed by atoms with E-state index in [1.165, 1.54) is 6.26 Å². The molecule has 0 fully saturated rings. The van der Waals surface area contributed by atoms with Crippen LogP contribution in [0.5, 0.6) is 0 Å². The van der Waals surface area contributed by atoms with E-state index in [2.05, 4.69) is 30.9 Å². The maximum Gasteiger partial charge on any atom is 0.350 e. The summed E-state index contributed by atoms with van der Waals surface area (Å²) in [6.07, 6.45) is 2.62. The molecule has 36 heavy (non-hydrogen) atoms. The Bertz CT molecular complexity index is 1280. The second kappa shape index (κ2) is 12.6. The molecule has 0 radical (unpaired) electrons. The third-order valence-electron chi connectivity index (χ3n) is 4.92. The molecular formula is C23H30N6O5S2. The van der Waals surface area contributed by atoms with Crippen molar-refractivity contribution in [2.24, 2.45) is 0 Å². The number of sulfone groups is 1. The van der Waals surface area contributed by atoms with Crippen LogP contribution in [0.4, 0.5) is 22.7 Å². The third kappa shape index (κ3) is 7.86. The van der Waals surface area contributed by atoms with Crippen molar-refractivity contribution < 1.29 is 23.1 Å². The van der Waals surface area contributed by atoms with E-state index in [9.17, 15) is 13.2 Å². The summed E-state index contributed by atoms with van der Waals surface area (Å²) < 4.78 is 28.4. The summed E-state index contributed by atoms with van der Waals surface area (Å²) in [4.78, 5) is 26.2. The van der Waals surface area contributed by atoms with Gasteiger partial charge in [-0.25, -0.2) is 18.2 Å². The molecule has 0 amide bonds. The number of aromatic nitrogens is 3. The number of thiazole rings is 1. The predicted octanol–water partition coefficient (Wildman–Crippen LogP) is 3.36.